The summed E-state index contributed by atoms with van der Waals surface area (Å²) in [4.78, 5) is 22.6. The van der Waals surface area contributed by atoms with Crippen LogP contribution >= 0.6 is 20.3 Å². The van der Waals surface area contributed by atoms with E-state index in [1.54, 1.807) is 0 Å². The Kier molecular flexibility index (Phi) is 17.0. The molecule has 1 amide bonds. The third-order valence-corrected chi connectivity index (χ3v) is 9.90. The third kappa shape index (κ3) is 12.2. The first-order valence-corrected chi connectivity index (χ1v) is 16.2. The van der Waals surface area contributed by atoms with Gasteiger partial charge in [0, 0.05) is 18.6 Å². The lowest BCUT2D eigenvalue weighted by Crippen LogP contribution is -2.41. The number of nitrogens with one attached hydrogen (secondary N) is 1. The van der Waals surface area contributed by atoms with Crippen molar-refractivity contribution in [3.8, 4) is 0 Å². The first kappa shape index (κ1) is 35.4. The van der Waals surface area contributed by atoms with E-state index < -0.39 is 23.7 Å². The van der Waals surface area contributed by atoms with Gasteiger partial charge in [0.1, 0.15) is 6.10 Å². The maximum absolute atomic E-state index is 12.3. The first-order valence-electron chi connectivity index (χ1n) is 14.7. The molecule has 3 aromatic rings. The molecular formula is C33H44ClN2O5P. The number of aliphatic hydroxyl groups is 2. The predicted molar refractivity (Wildman–Crippen MR) is 174 cm³/mol. The summed E-state index contributed by atoms with van der Waals surface area (Å²) >= 11 is 0. The molecule has 3 rings (SSSR count). The highest BCUT2D eigenvalue weighted by Gasteiger charge is 2.22. The van der Waals surface area contributed by atoms with Gasteiger partial charge >= 0.3 is 0 Å². The van der Waals surface area contributed by atoms with Crippen molar-refractivity contribution < 1.29 is 19.9 Å². The monoisotopic (exact) mass is 614 g/mol. The second kappa shape index (κ2) is 20.1. The molecule has 2 atom stereocenters. The fraction of sp³-hybridized carbons (Fsp3) is 0.424. The summed E-state index contributed by atoms with van der Waals surface area (Å²) in [6.07, 6.45) is 10.6. The van der Waals surface area contributed by atoms with Crippen LogP contribution in [-0.2, 0) is 4.79 Å². The Hall–Kier alpha value is -2.83. The minimum Gasteiger partial charge on any atom is -0.394 e. The minimum absolute atomic E-state index is 0. The molecule has 0 radical (unpaired) electrons. The van der Waals surface area contributed by atoms with Crippen LogP contribution in [0, 0.1) is 10.1 Å². The van der Waals surface area contributed by atoms with Gasteiger partial charge in [-0.1, -0.05) is 106 Å². The smallest absolute Gasteiger partial charge is 0.269 e. The van der Waals surface area contributed by atoms with E-state index in [1.807, 2.05) is 0 Å². The van der Waals surface area contributed by atoms with Gasteiger partial charge in [-0.2, -0.15) is 0 Å². The standard InChI is InChI=1S/C33H43N2O5P.ClH/c36-26-31(33(38)27-21-23-28(24-22-27)35(39)40)34-32(37)20-14-6-4-2-1-3-5-7-15-25-41(29-16-10-8-11-17-29)30-18-12-9-13-19-30;/h8-13,16-19,21-24,31,33,36,38H,1-7,14-15,20,25-26H2,(H,34,37);1H. The highest BCUT2D eigenvalue weighted by molar-refractivity contribution is 7.73. The van der Waals surface area contributed by atoms with Gasteiger partial charge in [-0.15, -0.1) is 12.4 Å². The van der Waals surface area contributed by atoms with Gasteiger partial charge in [0.2, 0.25) is 5.91 Å². The van der Waals surface area contributed by atoms with E-state index in [1.165, 1.54) is 79.6 Å². The van der Waals surface area contributed by atoms with Gasteiger partial charge in [-0.3, -0.25) is 14.9 Å². The van der Waals surface area contributed by atoms with Crippen LogP contribution in [0.2, 0.25) is 0 Å². The minimum atomic E-state index is -1.14. The van der Waals surface area contributed by atoms with E-state index in [2.05, 4.69) is 66.0 Å². The molecule has 228 valence electrons. The Morgan fingerprint density at radius 3 is 1.71 bits per heavy atom. The zero-order chi connectivity index (χ0) is 29.3. The van der Waals surface area contributed by atoms with Crippen LogP contribution in [0.25, 0.3) is 0 Å². The summed E-state index contributed by atoms with van der Waals surface area (Å²) in [5, 5.41) is 36.5. The Morgan fingerprint density at radius 1 is 0.762 bits per heavy atom. The average Bonchev–Trinajstić information content (AvgIpc) is 3.01. The number of halogens is 1. The number of nitro benzene ring substituents is 1. The second-order valence-corrected chi connectivity index (χ2v) is 12.7. The highest BCUT2D eigenvalue weighted by Crippen LogP contribution is 2.34. The van der Waals surface area contributed by atoms with Crippen LogP contribution in [0.15, 0.2) is 84.9 Å². The molecule has 0 saturated heterocycles. The molecule has 0 aliphatic carbocycles. The first-order chi connectivity index (χ1) is 20.0. The van der Waals surface area contributed by atoms with Crippen molar-refractivity contribution in [3.05, 3.63) is 101 Å². The van der Waals surface area contributed by atoms with Gasteiger partial charge in [0.15, 0.2) is 0 Å². The number of benzene rings is 3. The number of unbranched alkanes of at least 4 members (excludes halogenated alkanes) is 8. The van der Waals surface area contributed by atoms with Crippen molar-refractivity contribution in [1.82, 2.24) is 5.32 Å². The van der Waals surface area contributed by atoms with E-state index >= 15 is 0 Å². The molecule has 0 fully saturated rings. The maximum atomic E-state index is 12.3. The predicted octanol–water partition coefficient (Wildman–Crippen LogP) is 6.56. The second-order valence-electron chi connectivity index (χ2n) is 10.4. The van der Waals surface area contributed by atoms with Crippen LogP contribution in [-0.4, -0.2) is 39.9 Å². The van der Waals surface area contributed by atoms with E-state index in [0.29, 0.717) is 12.0 Å². The summed E-state index contributed by atoms with van der Waals surface area (Å²) < 4.78 is 0. The number of nitro groups is 1. The lowest BCUT2D eigenvalue weighted by molar-refractivity contribution is -0.384. The van der Waals surface area contributed by atoms with Crippen LogP contribution < -0.4 is 15.9 Å². The number of hydrogen-bond acceptors (Lipinski definition) is 5. The Morgan fingerprint density at radius 2 is 1.24 bits per heavy atom. The van der Waals surface area contributed by atoms with E-state index in [-0.39, 0.29) is 31.9 Å². The molecule has 9 heteroatoms. The molecule has 3 aromatic carbocycles. The summed E-state index contributed by atoms with van der Waals surface area (Å²) in [7, 11) is -0.300. The van der Waals surface area contributed by atoms with Crippen molar-refractivity contribution in [3.63, 3.8) is 0 Å². The molecule has 0 bridgehead atoms. The van der Waals surface area contributed by atoms with Crippen LogP contribution in [0.1, 0.15) is 75.9 Å². The average molecular weight is 615 g/mol. The number of carbonyl (C=O) groups excluding carboxylic acids is 1. The molecule has 3 N–H and O–H groups in total. The van der Waals surface area contributed by atoms with Crippen LogP contribution in [0.5, 0.6) is 0 Å². The molecule has 7 nitrogen and oxygen atoms in total. The summed E-state index contributed by atoms with van der Waals surface area (Å²) in [5.74, 6) is -0.212. The van der Waals surface area contributed by atoms with Crippen molar-refractivity contribution in [1.29, 1.82) is 0 Å². The fourth-order valence-electron chi connectivity index (χ4n) is 4.94. The van der Waals surface area contributed by atoms with Crippen LogP contribution in [0.3, 0.4) is 0 Å². The lowest BCUT2D eigenvalue weighted by atomic mass is 10.0. The third-order valence-electron chi connectivity index (χ3n) is 7.29. The van der Waals surface area contributed by atoms with Crippen molar-refractivity contribution in [2.45, 2.75) is 76.4 Å². The number of amides is 1. The zero-order valence-corrected chi connectivity index (χ0v) is 25.9. The molecular weight excluding hydrogens is 571 g/mol. The van der Waals surface area contributed by atoms with E-state index in [9.17, 15) is 25.1 Å². The lowest BCUT2D eigenvalue weighted by Gasteiger charge is -2.22. The van der Waals surface area contributed by atoms with E-state index in [0.717, 1.165) is 19.3 Å². The SMILES string of the molecule is Cl.O=C(CCCCCCCCCCCP(c1ccccc1)c1ccccc1)NC(CO)C(O)c1ccc([N+](=O)[O-])cc1. The quantitative estimate of drug-likeness (QED) is 0.0612. The molecule has 42 heavy (non-hydrogen) atoms. The number of carbonyl (C=O) groups is 1. The Bertz CT molecular complexity index is 1130. The number of nitrogens with zero attached hydrogens (tertiary/aromatic N) is 1. The summed E-state index contributed by atoms with van der Waals surface area (Å²) in [6, 6.07) is 26.4. The summed E-state index contributed by atoms with van der Waals surface area (Å²) in [5.41, 5.74) is 0.324. The van der Waals surface area contributed by atoms with Gasteiger partial charge in [-0.25, -0.2) is 0 Å². The van der Waals surface area contributed by atoms with E-state index in [4.69, 9.17) is 0 Å². The maximum Gasteiger partial charge on any atom is 0.269 e. The number of hydrogen-bond donors (Lipinski definition) is 3. The topological polar surface area (TPSA) is 113 Å². The van der Waals surface area contributed by atoms with Crippen LogP contribution in [0.4, 0.5) is 5.69 Å². The normalized spacial score (nSPS) is 12.4. The molecule has 2 unspecified atom stereocenters. The van der Waals surface area contributed by atoms with Gasteiger partial charge in [0.25, 0.3) is 5.69 Å². The van der Waals surface area contributed by atoms with Gasteiger partial charge < -0.3 is 15.5 Å². The number of non-ortho nitro benzene ring substituents is 1. The molecule has 0 spiro atoms. The highest BCUT2D eigenvalue weighted by atomic mass is 35.5. The molecule has 0 aliphatic rings. The molecule has 0 aliphatic heterocycles. The fourth-order valence-corrected chi connectivity index (χ4v) is 7.36. The summed E-state index contributed by atoms with van der Waals surface area (Å²) in [6.45, 7) is -0.427. The Labute approximate surface area is 257 Å². The molecule has 0 aromatic heterocycles. The van der Waals surface area contributed by atoms with Gasteiger partial charge in [-0.05, 0) is 55.2 Å². The van der Waals surface area contributed by atoms with Crippen molar-refractivity contribution in [2.24, 2.45) is 0 Å². The number of rotatable bonds is 19. The molecule has 0 heterocycles. The Balaban J connectivity index is 0.00000616. The largest absolute Gasteiger partial charge is 0.394 e. The van der Waals surface area contributed by atoms with Crippen molar-refractivity contribution >= 4 is 42.5 Å². The zero-order valence-electron chi connectivity index (χ0n) is 24.1. The van der Waals surface area contributed by atoms with Gasteiger partial charge in [0.05, 0.1) is 17.6 Å². The number of aliphatic hydroxyl groups excluding tert-OH is 2. The van der Waals surface area contributed by atoms with Crippen molar-refractivity contribution in [2.75, 3.05) is 12.8 Å². The molecule has 0 saturated carbocycles.